The number of carboxylic acid groups (broad SMARTS) is 1. The third-order valence-corrected chi connectivity index (χ3v) is 4.27. The SMILES string of the molecule is O=C(O)CCCCN1CCC(N2CCCCC2)C1. The van der Waals surface area contributed by atoms with Crippen molar-refractivity contribution in [3.05, 3.63) is 0 Å². The van der Waals surface area contributed by atoms with Crippen molar-refractivity contribution < 1.29 is 9.90 Å². The summed E-state index contributed by atoms with van der Waals surface area (Å²) in [5, 5.41) is 8.60. The van der Waals surface area contributed by atoms with Crippen LogP contribution >= 0.6 is 0 Å². The smallest absolute Gasteiger partial charge is 0.303 e. The molecule has 0 radical (unpaired) electrons. The van der Waals surface area contributed by atoms with Crippen molar-refractivity contribution in [3.8, 4) is 0 Å². The van der Waals surface area contributed by atoms with Gasteiger partial charge in [-0.3, -0.25) is 9.69 Å². The molecule has 0 aromatic heterocycles. The van der Waals surface area contributed by atoms with E-state index in [1.165, 1.54) is 51.9 Å². The van der Waals surface area contributed by atoms with Crippen LogP contribution in [0.25, 0.3) is 0 Å². The van der Waals surface area contributed by atoms with Crippen LogP contribution in [0.5, 0.6) is 0 Å². The highest BCUT2D eigenvalue weighted by molar-refractivity contribution is 5.66. The van der Waals surface area contributed by atoms with E-state index in [1.54, 1.807) is 0 Å². The van der Waals surface area contributed by atoms with Crippen LogP contribution < -0.4 is 0 Å². The molecule has 2 aliphatic rings. The van der Waals surface area contributed by atoms with E-state index in [-0.39, 0.29) is 0 Å². The first-order valence-corrected chi connectivity index (χ1v) is 7.44. The Morgan fingerprint density at radius 3 is 2.61 bits per heavy atom. The molecule has 0 aromatic carbocycles. The topological polar surface area (TPSA) is 43.8 Å². The summed E-state index contributed by atoms with van der Waals surface area (Å²) in [4.78, 5) is 15.6. The third-order valence-electron chi connectivity index (χ3n) is 4.27. The standard InChI is InChI=1S/C14H26N2O2/c17-14(18)6-2-5-8-15-11-7-13(12-15)16-9-3-1-4-10-16/h13H,1-12H2,(H,17,18). The first kappa shape index (κ1) is 13.8. The van der Waals surface area contributed by atoms with Crippen molar-refractivity contribution in [2.45, 2.75) is 51.0 Å². The van der Waals surface area contributed by atoms with Gasteiger partial charge in [-0.2, -0.15) is 0 Å². The molecule has 0 aliphatic carbocycles. The Morgan fingerprint density at radius 1 is 1.11 bits per heavy atom. The van der Waals surface area contributed by atoms with Crippen LogP contribution in [0.1, 0.15) is 44.9 Å². The number of carboxylic acids is 1. The van der Waals surface area contributed by atoms with Crippen LogP contribution in [-0.2, 0) is 4.79 Å². The number of carbonyl (C=O) groups is 1. The average Bonchev–Trinajstić information content (AvgIpc) is 2.84. The van der Waals surface area contributed by atoms with Gasteiger partial charge in [-0.25, -0.2) is 0 Å². The molecule has 18 heavy (non-hydrogen) atoms. The minimum atomic E-state index is -0.664. The molecule has 1 unspecified atom stereocenters. The number of likely N-dealkylation sites (tertiary alicyclic amines) is 2. The first-order chi connectivity index (χ1) is 8.75. The van der Waals surface area contributed by atoms with Gasteiger partial charge in [0.05, 0.1) is 0 Å². The molecular formula is C14H26N2O2. The van der Waals surface area contributed by atoms with E-state index < -0.39 is 5.97 Å². The van der Waals surface area contributed by atoms with Crippen LogP contribution in [0, 0.1) is 0 Å². The van der Waals surface area contributed by atoms with Crippen molar-refractivity contribution in [2.75, 3.05) is 32.7 Å². The molecule has 104 valence electrons. The lowest BCUT2D eigenvalue weighted by atomic mass is 10.1. The van der Waals surface area contributed by atoms with Gasteiger partial charge in [0.25, 0.3) is 0 Å². The number of piperidine rings is 1. The Kier molecular flexibility index (Phi) is 5.45. The highest BCUT2D eigenvalue weighted by atomic mass is 16.4. The van der Waals surface area contributed by atoms with Gasteiger partial charge in [0.1, 0.15) is 0 Å². The van der Waals surface area contributed by atoms with Crippen LogP contribution in [0.4, 0.5) is 0 Å². The molecular weight excluding hydrogens is 228 g/mol. The summed E-state index contributed by atoms with van der Waals surface area (Å²) in [7, 11) is 0. The summed E-state index contributed by atoms with van der Waals surface area (Å²) >= 11 is 0. The van der Waals surface area contributed by atoms with Crippen molar-refractivity contribution in [2.24, 2.45) is 0 Å². The Labute approximate surface area is 110 Å². The third kappa shape index (κ3) is 4.25. The van der Waals surface area contributed by atoms with E-state index in [4.69, 9.17) is 5.11 Å². The Balaban J connectivity index is 1.60. The highest BCUT2D eigenvalue weighted by Crippen LogP contribution is 2.20. The molecule has 2 saturated heterocycles. The summed E-state index contributed by atoms with van der Waals surface area (Å²) in [6.07, 6.45) is 7.62. The maximum absolute atomic E-state index is 10.4. The lowest BCUT2D eigenvalue weighted by Gasteiger charge is -2.32. The van der Waals surface area contributed by atoms with Crippen LogP contribution in [0.3, 0.4) is 0 Å². The monoisotopic (exact) mass is 254 g/mol. The van der Waals surface area contributed by atoms with Gasteiger partial charge < -0.3 is 10.0 Å². The van der Waals surface area contributed by atoms with Crippen molar-refractivity contribution in [3.63, 3.8) is 0 Å². The number of unbranched alkanes of at least 4 members (excludes halogenated alkanes) is 1. The summed E-state index contributed by atoms with van der Waals surface area (Å²) in [6.45, 7) is 6.06. The fourth-order valence-corrected chi connectivity index (χ4v) is 3.21. The number of hydrogen-bond donors (Lipinski definition) is 1. The number of rotatable bonds is 6. The Hall–Kier alpha value is -0.610. The lowest BCUT2D eigenvalue weighted by Crippen LogP contribution is -2.40. The fraction of sp³-hybridized carbons (Fsp3) is 0.929. The van der Waals surface area contributed by atoms with Crippen LogP contribution in [0.15, 0.2) is 0 Å². The summed E-state index contributed by atoms with van der Waals surface area (Å²) in [5.74, 6) is -0.664. The van der Waals surface area contributed by atoms with Crippen LogP contribution in [-0.4, -0.2) is 59.6 Å². The normalized spacial score (nSPS) is 26.6. The molecule has 0 spiro atoms. The van der Waals surface area contributed by atoms with E-state index in [2.05, 4.69) is 9.80 Å². The van der Waals surface area contributed by atoms with Crippen molar-refractivity contribution in [1.29, 1.82) is 0 Å². The molecule has 0 amide bonds. The molecule has 2 rings (SSSR count). The number of nitrogens with zero attached hydrogens (tertiary/aromatic N) is 2. The number of aliphatic carboxylic acids is 1. The molecule has 2 heterocycles. The highest BCUT2D eigenvalue weighted by Gasteiger charge is 2.27. The van der Waals surface area contributed by atoms with Gasteiger partial charge in [0, 0.05) is 19.0 Å². The predicted octanol–water partition coefficient (Wildman–Crippen LogP) is 1.80. The molecule has 4 nitrogen and oxygen atoms in total. The fourth-order valence-electron chi connectivity index (χ4n) is 3.21. The van der Waals surface area contributed by atoms with E-state index in [9.17, 15) is 4.79 Å². The maximum Gasteiger partial charge on any atom is 0.303 e. The largest absolute Gasteiger partial charge is 0.481 e. The molecule has 2 fully saturated rings. The minimum Gasteiger partial charge on any atom is -0.481 e. The van der Waals surface area contributed by atoms with Gasteiger partial charge in [0.2, 0.25) is 0 Å². The summed E-state index contributed by atoms with van der Waals surface area (Å²) in [6, 6.07) is 0.768. The zero-order valence-electron chi connectivity index (χ0n) is 11.3. The maximum atomic E-state index is 10.4. The van der Waals surface area contributed by atoms with Gasteiger partial charge in [0.15, 0.2) is 0 Å². The van der Waals surface area contributed by atoms with E-state index in [0.717, 1.165) is 25.4 Å². The van der Waals surface area contributed by atoms with Crippen molar-refractivity contribution in [1.82, 2.24) is 9.80 Å². The molecule has 0 saturated carbocycles. The van der Waals surface area contributed by atoms with Crippen molar-refractivity contribution >= 4 is 5.97 Å². The van der Waals surface area contributed by atoms with Gasteiger partial charge >= 0.3 is 5.97 Å². The Morgan fingerprint density at radius 2 is 1.89 bits per heavy atom. The molecule has 1 atom stereocenters. The molecule has 0 bridgehead atoms. The summed E-state index contributed by atoms with van der Waals surface area (Å²) in [5.41, 5.74) is 0. The van der Waals surface area contributed by atoms with E-state index in [1.807, 2.05) is 0 Å². The van der Waals surface area contributed by atoms with E-state index >= 15 is 0 Å². The van der Waals surface area contributed by atoms with Gasteiger partial charge in [-0.05, 0) is 58.3 Å². The molecule has 1 N–H and O–H groups in total. The second-order valence-corrected chi connectivity index (χ2v) is 5.69. The predicted molar refractivity (Wildman–Crippen MR) is 71.8 cm³/mol. The average molecular weight is 254 g/mol. The van der Waals surface area contributed by atoms with Crippen LogP contribution in [0.2, 0.25) is 0 Å². The number of hydrogen-bond acceptors (Lipinski definition) is 3. The zero-order chi connectivity index (χ0) is 12.8. The second-order valence-electron chi connectivity index (χ2n) is 5.69. The minimum absolute atomic E-state index is 0.323. The molecule has 0 aromatic rings. The quantitative estimate of drug-likeness (QED) is 0.734. The first-order valence-electron chi connectivity index (χ1n) is 7.44. The van der Waals surface area contributed by atoms with Gasteiger partial charge in [-0.1, -0.05) is 6.42 Å². The summed E-state index contributed by atoms with van der Waals surface area (Å²) < 4.78 is 0. The van der Waals surface area contributed by atoms with Gasteiger partial charge in [-0.15, -0.1) is 0 Å². The Bertz CT molecular complexity index is 265. The molecule has 4 heteroatoms. The molecule has 2 aliphatic heterocycles. The lowest BCUT2D eigenvalue weighted by molar-refractivity contribution is -0.137. The zero-order valence-corrected chi connectivity index (χ0v) is 11.3. The van der Waals surface area contributed by atoms with E-state index in [0.29, 0.717) is 6.42 Å². The second kappa shape index (κ2) is 7.10.